The van der Waals surface area contributed by atoms with Crippen molar-refractivity contribution in [2.45, 2.75) is 44.8 Å². The molecule has 1 saturated carbocycles. The quantitative estimate of drug-likeness (QED) is 0.215. The van der Waals surface area contributed by atoms with Gasteiger partial charge in [-0.25, -0.2) is 4.99 Å². The molecule has 0 radical (unpaired) electrons. The maximum absolute atomic E-state index is 5.69. The van der Waals surface area contributed by atoms with Gasteiger partial charge in [-0.15, -0.1) is 24.0 Å². The van der Waals surface area contributed by atoms with E-state index in [1.54, 1.807) is 14.2 Å². The van der Waals surface area contributed by atoms with Crippen LogP contribution in [-0.2, 0) is 16.0 Å². The van der Waals surface area contributed by atoms with E-state index in [0.29, 0.717) is 6.54 Å². The summed E-state index contributed by atoms with van der Waals surface area (Å²) in [6, 6.07) is 8.00. The third-order valence-corrected chi connectivity index (χ3v) is 4.82. The number of halogens is 1. The van der Waals surface area contributed by atoms with Gasteiger partial charge >= 0.3 is 0 Å². The van der Waals surface area contributed by atoms with Gasteiger partial charge in [-0.3, -0.25) is 0 Å². The van der Waals surface area contributed by atoms with E-state index in [1.807, 2.05) is 31.2 Å². The lowest BCUT2D eigenvalue weighted by Crippen LogP contribution is -2.52. The average molecular weight is 491 g/mol. The third-order valence-electron chi connectivity index (χ3n) is 4.82. The highest BCUT2D eigenvalue weighted by Gasteiger charge is 2.36. The first-order valence-electron chi connectivity index (χ1n) is 9.49. The van der Waals surface area contributed by atoms with Crippen molar-refractivity contribution in [1.29, 1.82) is 0 Å². The van der Waals surface area contributed by atoms with Crippen molar-refractivity contribution in [3.8, 4) is 5.75 Å². The van der Waals surface area contributed by atoms with E-state index in [-0.39, 0.29) is 29.6 Å². The van der Waals surface area contributed by atoms with Crippen LogP contribution in [0.15, 0.2) is 29.3 Å². The summed E-state index contributed by atoms with van der Waals surface area (Å²) in [5.41, 5.74) is 1.11. The van der Waals surface area contributed by atoms with Crippen molar-refractivity contribution in [2.24, 2.45) is 4.99 Å². The van der Waals surface area contributed by atoms with Crippen LogP contribution in [0.4, 0.5) is 0 Å². The van der Waals surface area contributed by atoms with Crippen molar-refractivity contribution < 1.29 is 14.2 Å². The molecule has 27 heavy (non-hydrogen) atoms. The van der Waals surface area contributed by atoms with Crippen molar-refractivity contribution in [3.05, 3.63) is 29.8 Å². The number of aliphatic imine (C=N–C) groups is 1. The Morgan fingerprint density at radius 3 is 2.44 bits per heavy atom. The topological polar surface area (TPSA) is 64.1 Å². The van der Waals surface area contributed by atoms with E-state index in [9.17, 15) is 0 Å². The van der Waals surface area contributed by atoms with E-state index < -0.39 is 0 Å². The van der Waals surface area contributed by atoms with E-state index in [2.05, 4.69) is 10.6 Å². The Kier molecular flexibility index (Phi) is 11.7. The molecule has 0 atom stereocenters. The van der Waals surface area contributed by atoms with Crippen LogP contribution in [0.2, 0.25) is 0 Å². The van der Waals surface area contributed by atoms with E-state index >= 15 is 0 Å². The number of hydrogen-bond acceptors (Lipinski definition) is 4. The van der Waals surface area contributed by atoms with Crippen molar-refractivity contribution in [1.82, 2.24) is 10.6 Å². The smallest absolute Gasteiger partial charge is 0.191 e. The SMILES string of the molecule is CCOCCCNC(=NCc1ccc(OC)cc1)NCC1(OC)CCC1.I. The predicted octanol–water partition coefficient (Wildman–Crippen LogP) is 3.34. The molecule has 1 aromatic carbocycles. The molecule has 1 fully saturated rings. The molecule has 0 bridgehead atoms. The zero-order valence-electron chi connectivity index (χ0n) is 16.8. The van der Waals surface area contributed by atoms with Crippen molar-refractivity contribution in [3.63, 3.8) is 0 Å². The molecule has 6 nitrogen and oxygen atoms in total. The number of ether oxygens (including phenoxy) is 3. The van der Waals surface area contributed by atoms with Gasteiger partial charge in [-0.05, 0) is 50.3 Å². The summed E-state index contributed by atoms with van der Waals surface area (Å²) in [7, 11) is 3.47. The van der Waals surface area contributed by atoms with Crippen LogP contribution in [-0.4, -0.2) is 52.1 Å². The fourth-order valence-corrected chi connectivity index (χ4v) is 2.87. The maximum atomic E-state index is 5.69. The lowest BCUT2D eigenvalue weighted by Gasteiger charge is -2.40. The van der Waals surface area contributed by atoms with Crippen LogP contribution < -0.4 is 15.4 Å². The van der Waals surface area contributed by atoms with E-state index in [1.165, 1.54) is 6.42 Å². The minimum Gasteiger partial charge on any atom is -0.497 e. The largest absolute Gasteiger partial charge is 0.497 e. The monoisotopic (exact) mass is 491 g/mol. The number of nitrogens with zero attached hydrogens (tertiary/aromatic N) is 1. The number of hydrogen-bond donors (Lipinski definition) is 2. The molecule has 0 spiro atoms. The second kappa shape index (κ2) is 13.2. The second-order valence-electron chi connectivity index (χ2n) is 6.58. The summed E-state index contributed by atoms with van der Waals surface area (Å²) >= 11 is 0. The summed E-state index contributed by atoms with van der Waals surface area (Å²) in [5, 5.41) is 6.84. The highest BCUT2D eigenvalue weighted by Crippen LogP contribution is 2.34. The van der Waals surface area contributed by atoms with Crippen molar-refractivity contribution in [2.75, 3.05) is 40.5 Å². The zero-order chi connectivity index (χ0) is 18.7. The van der Waals surface area contributed by atoms with Crippen LogP contribution in [0.5, 0.6) is 5.75 Å². The van der Waals surface area contributed by atoms with Gasteiger partial charge in [0.1, 0.15) is 5.75 Å². The Bertz CT molecular complexity index is 542. The Hall–Kier alpha value is -1.06. The van der Waals surface area contributed by atoms with Crippen LogP contribution in [0.1, 0.15) is 38.2 Å². The normalized spacial score (nSPS) is 15.4. The predicted molar refractivity (Wildman–Crippen MR) is 120 cm³/mol. The number of benzene rings is 1. The summed E-state index contributed by atoms with van der Waals surface area (Å²) in [6.07, 6.45) is 4.39. The van der Waals surface area contributed by atoms with Gasteiger partial charge in [0.15, 0.2) is 5.96 Å². The fraction of sp³-hybridized carbons (Fsp3) is 0.650. The molecular formula is C20H34IN3O3. The third kappa shape index (κ3) is 8.23. The number of nitrogens with one attached hydrogen (secondary N) is 2. The first-order valence-corrected chi connectivity index (χ1v) is 9.49. The standard InChI is InChI=1S/C20H33N3O3.HI/c1-4-26-14-6-13-21-19(23-16-20(25-3)11-5-12-20)22-15-17-7-9-18(24-2)10-8-17;/h7-10H,4-6,11-16H2,1-3H3,(H2,21,22,23);1H. The molecular weight excluding hydrogens is 457 g/mol. The molecule has 0 amide bonds. The van der Waals surface area contributed by atoms with Gasteiger partial charge in [-0.1, -0.05) is 12.1 Å². The molecule has 1 aliphatic rings. The highest BCUT2D eigenvalue weighted by atomic mass is 127. The number of rotatable bonds is 11. The highest BCUT2D eigenvalue weighted by molar-refractivity contribution is 14.0. The van der Waals surface area contributed by atoms with Gasteiger partial charge in [0.2, 0.25) is 0 Å². The van der Waals surface area contributed by atoms with Crippen LogP contribution in [0.3, 0.4) is 0 Å². The van der Waals surface area contributed by atoms with Crippen LogP contribution in [0, 0.1) is 0 Å². The summed E-state index contributed by atoms with van der Waals surface area (Å²) in [4.78, 5) is 4.72. The molecule has 1 aliphatic carbocycles. The fourth-order valence-electron chi connectivity index (χ4n) is 2.87. The molecule has 7 heteroatoms. The molecule has 0 saturated heterocycles. The zero-order valence-corrected chi connectivity index (χ0v) is 19.1. The summed E-state index contributed by atoms with van der Waals surface area (Å²) in [5.74, 6) is 1.68. The molecule has 2 rings (SSSR count). The average Bonchev–Trinajstić information content (AvgIpc) is 2.65. The molecule has 0 aromatic heterocycles. The maximum Gasteiger partial charge on any atom is 0.191 e. The van der Waals surface area contributed by atoms with Gasteiger partial charge in [0.05, 0.1) is 19.3 Å². The van der Waals surface area contributed by atoms with Crippen LogP contribution in [0.25, 0.3) is 0 Å². The lowest BCUT2D eigenvalue weighted by atomic mass is 9.80. The Morgan fingerprint density at radius 2 is 1.89 bits per heavy atom. The minimum atomic E-state index is -0.0338. The van der Waals surface area contributed by atoms with E-state index in [0.717, 1.165) is 62.8 Å². The molecule has 1 aromatic rings. The minimum absolute atomic E-state index is 0. The number of methoxy groups -OCH3 is 2. The molecule has 0 unspecified atom stereocenters. The molecule has 0 heterocycles. The van der Waals surface area contributed by atoms with Gasteiger partial charge < -0.3 is 24.8 Å². The lowest BCUT2D eigenvalue weighted by molar-refractivity contribution is -0.0666. The van der Waals surface area contributed by atoms with E-state index in [4.69, 9.17) is 19.2 Å². The first-order chi connectivity index (χ1) is 12.7. The summed E-state index contributed by atoms with van der Waals surface area (Å²) < 4.78 is 16.3. The van der Waals surface area contributed by atoms with Gasteiger partial charge in [0.25, 0.3) is 0 Å². The molecule has 154 valence electrons. The van der Waals surface area contributed by atoms with Crippen LogP contribution >= 0.6 is 24.0 Å². The Balaban J connectivity index is 0.00000364. The van der Waals surface area contributed by atoms with Crippen molar-refractivity contribution >= 4 is 29.9 Å². The Labute approximate surface area is 180 Å². The molecule has 2 N–H and O–H groups in total. The Morgan fingerprint density at radius 1 is 1.15 bits per heavy atom. The first kappa shape index (κ1) is 24.0. The number of guanidine groups is 1. The second-order valence-corrected chi connectivity index (χ2v) is 6.58. The molecule has 0 aliphatic heterocycles. The summed E-state index contributed by atoms with van der Waals surface area (Å²) in [6.45, 7) is 5.76. The van der Waals surface area contributed by atoms with Gasteiger partial charge in [-0.2, -0.15) is 0 Å². The van der Waals surface area contributed by atoms with Gasteiger partial charge in [0, 0.05) is 33.4 Å².